The highest BCUT2D eigenvalue weighted by molar-refractivity contribution is 5.63. The van der Waals surface area contributed by atoms with Crippen LogP contribution in [0, 0.1) is 0 Å². The molecule has 13 heavy (non-hydrogen) atoms. The van der Waals surface area contributed by atoms with Gasteiger partial charge in [0.25, 0.3) is 0 Å². The van der Waals surface area contributed by atoms with Gasteiger partial charge in [0.15, 0.2) is 0 Å². The largest absolute Gasteiger partial charge is 0.382 e. The summed E-state index contributed by atoms with van der Waals surface area (Å²) in [6.07, 6.45) is 4.25. The Morgan fingerprint density at radius 1 is 1.62 bits per heavy atom. The van der Waals surface area contributed by atoms with Crippen LogP contribution in [0.25, 0.3) is 0 Å². The molecule has 0 bridgehead atoms. The number of anilines is 2. The van der Waals surface area contributed by atoms with Crippen molar-refractivity contribution in [2.24, 2.45) is 0 Å². The first-order valence-electron chi connectivity index (χ1n) is 4.76. The van der Waals surface area contributed by atoms with Gasteiger partial charge in [-0.25, -0.2) is 4.98 Å². The zero-order valence-corrected chi connectivity index (χ0v) is 7.90. The molecule has 2 rings (SSSR count). The van der Waals surface area contributed by atoms with Crippen molar-refractivity contribution < 1.29 is 0 Å². The molecule has 0 amide bonds. The second-order valence-corrected chi connectivity index (χ2v) is 3.59. The van der Waals surface area contributed by atoms with Crippen molar-refractivity contribution >= 4 is 11.5 Å². The highest BCUT2D eigenvalue weighted by Gasteiger charge is 2.21. The van der Waals surface area contributed by atoms with Gasteiger partial charge in [0, 0.05) is 18.8 Å². The number of hydrogen-bond acceptors (Lipinski definition) is 3. The van der Waals surface area contributed by atoms with Crippen molar-refractivity contribution in [3.8, 4) is 0 Å². The molecular weight excluding hydrogens is 162 g/mol. The summed E-state index contributed by atoms with van der Waals surface area (Å²) in [4.78, 5) is 6.43. The number of aromatic nitrogens is 1. The van der Waals surface area contributed by atoms with Crippen LogP contribution < -0.4 is 10.6 Å². The van der Waals surface area contributed by atoms with Crippen LogP contribution in [-0.4, -0.2) is 17.6 Å². The van der Waals surface area contributed by atoms with Crippen LogP contribution in [-0.2, 0) is 0 Å². The van der Waals surface area contributed by atoms with Crippen molar-refractivity contribution in [3.05, 3.63) is 18.3 Å². The van der Waals surface area contributed by atoms with Crippen LogP contribution >= 0.6 is 0 Å². The first kappa shape index (κ1) is 8.35. The SMILES string of the molecule is CC1CCCN1c1cccnc1N. The van der Waals surface area contributed by atoms with Crippen molar-refractivity contribution in [2.45, 2.75) is 25.8 Å². The summed E-state index contributed by atoms with van der Waals surface area (Å²) in [5, 5.41) is 0. The van der Waals surface area contributed by atoms with Crippen LogP contribution in [0.3, 0.4) is 0 Å². The predicted molar refractivity (Wildman–Crippen MR) is 54.7 cm³/mol. The van der Waals surface area contributed by atoms with Crippen molar-refractivity contribution in [2.75, 3.05) is 17.2 Å². The van der Waals surface area contributed by atoms with Gasteiger partial charge in [-0.1, -0.05) is 0 Å². The van der Waals surface area contributed by atoms with Gasteiger partial charge in [0.1, 0.15) is 5.82 Å². The normalized spacial score (nSPS) is 22.2. The summed E-state index contributed by atoms with van der Waals surface area (Å²) < 4.78 is 0. The van der Waals surface area contributed by atoms with Crippen LogP contribution in [0.4, 0.5) is 11.5 Å². The molecule has 1 fully saturated rings. The average molecular weight is 177 g/mol. The van der Waals surface area contributed by atoms with E-state index in [4.69, 9.17) is 5.73 Å². The maximum atomic E-state index is 5.81. The molecule has 0 aromatic carbocycles. The lowest BCUT2D eigenvalue weighted by Gasteiger charge is -2.24. The summed E-state index contributed by atoms with van der Waals surface area (Å²) in [7, 11) is 0. The Morgan fingerprint density at radius 3 is 3.08 bits per heavy atom. The second-order valence-electron chi connectivity index (χ2n) is 3.59. The van der Waals surface area contributed by atoms with Gasteiger partial charge >= 0.3 is 0 Å². The number of nitrogens with two attached hydrogens (primary N) is 1. The summed E-state index contributed by atoms with van der Waals surface area (Å²) in [5.74, 6) is 0.649. The van der Waals surface area contributed by atoms with E-state index in [1.165, 1.54) is 12.8 Å². The number of pyridine rings is 1. The zero-order valence-electron chi connectivity index (χ0n) is 7.90. The van der Waals surface area contributed by atoms with E-state index in [2.05, 4.69) is 16.8 Å². The molecule has 0 saturated carbocycles. The molecular formula is C10H15N3. The fraction of sp³-hybridized carbons (Fsp3) is 0.500. The standard InChI is InChI=1S/C10H15N3/c1-8-4-3-7-13(8)9-5-2-6-12-10(9)11/h2,5-6,8H,3-4,7H2,1H3,(H2,11,12). The van der Waals surface area contributed by atoms with Crippen molar-refractivity contribution in [1.29, 1.82) is 0 Å². The molecule has 1 unspecified atom stereocenters. The minimum Gasteiger partial charge on any atom is -0.382 e. The van der Waals surface area contributed by atoms with Gasteiger partial charge in [-0.3, -0.25) is 0 Å². The van der Waals surface area contributed by atoms with Crippen LogP contribution in [0.15, 0.2) is 18.3 Å². The van der Waals surface area contributed by atoms with Gasteiger partial charge in [-0.2, -0.15) is 0 Å². The third-order valence-corrected chi connectivity index (χ3v) is 2.68. The maximum Gasteiger partial charge on any atom is 0.146 e. The topological polar surface area (TPSA) is 42.2 Å². The highest BCUT2D eigenvalue weighted by Crippen LogP contribution is 2.28. The molecule has 3 heteroatoms. The van der Waals surface area contributed by atoms with Gasteiger partial charge in [-0.15, -0.1) is 0 Å². The number of nitrogen functional groups attached to an aromatic ring is 1. The molecule has 1 aromatic heterocycles. The first-order chi connectivity index (χ1) is 6.29. The smallest absolute Gasteiger partial charge is 0.146 e. The Balaban J connectivity index is 2.29. The van der Waals surface area contributed by atoms with Crippen LogP contribution in [0.2, 0.25) is 0 Å². The molecule has 1 saturated heterocycles. The molecule has 1 aromatic rings. The minimum atomic E-state index is 0.603. The summed E-state index contributed by atoms with van der Waals surface area (Å²) >= 11 is 0. The lowest BCUT2D eigenvalue weighted by Crippen LogP contribution is -2.27. The zero-order chi connectivity index (χ0) is 9.26. The lowest BCUT2D eigenvalue weighted by molar-refractivity contribution is 0.735. The molecule has 3 nitrogen and oxygen atoms in total. The first-order valence-corrected chi connectivity index (χ1v) is 4.76. The van der Waals surface area contributed by atoms with E-state index < -0.39 is 0 Å². The molecule has 2 heterocycles. The molecule has 0 spiro atoms. The Hall–Kier alpha value is -1.25. The maximum absolute atomic E-state index is 5.81. The third-order valence-electron chi connectivity index (χ3n) is 2.68. The van der Waals surface area contributed by atoms with E-state index in [0.717, 1.165) is 12.2 Å². The second kappa shape index (κ2) is 3.24. The Morgan fingerprint density at radius 2 is 2.46 bits per heavy atom. The van der Waals surface area contributed by atoms with E-state index in [1.807, 2.05) is 12.1 Å². The monoisotopic (exact) mass is 177 g/mol. The fourth-order valence-corrected chi connectivity index (χ4v) is 1.94. The third kappa shape index (κ3) is 1.46. The Bertz CT molecular complexity index is 298. The highest BCUT2D eigenvalue weighted by atomic mass is 15.2. The molecule has 0 aliphatic carbocycles. The van der Waals surface area contributed by atoms with Gasteiger partial charge < -0.3 is 10.6 Å². The number of nitrogens with zero attached hydrogens (tertiary/aromatic N) is 2. The van der Waals surface area contributed by atoms with E-state index >= 15 is 0 Å². The van der Waals surface area contributed by atoms with Crippen LogP contribution in [0.1, 0.15) is 19.8 Å². The molecule has 1 atom stereocenters. The fourth-order valence-electron chi connectivity index (χ4n) is 1.94. The van der Waals surface area contributed by atoms with Gasteiger partial charge in [-0.05, 0) is 31.9 Å². The average Bonchev–Trinajstić information content (AvgIpc) is 2.52. The van der Waals surface area contributed by atoms with Gasteiger partial charge in [0.05, 0.1) is 5.69 Å². The molecule has 1 aliphatic rings. The molecule has 70 valence electrons. The summed E-state index contributed by atoms with van der Waals surface area (Å²) in [6, 6.07) is 4.59. The lowest BCUT2D eigenvalue weighted by atomic mass is 10.2. The van der Waals surface area contributed by atoms with E-state index in [1.54, 1.807) is 6.20 Å². The van der Waals surface area contributed by atoms with Crippen LogP contribution in [0.5, 0.6) is 0 Å². The van der Waals surface area contributed by atoms with Crippen molar-refractivity contribution in [3.63, 3.8) is 0 Å². The number of rotatable bonds is 1. The van der Waals surface area contributed by atoms with Crippen molar-refractivity contribution in [1.82, 2.24) is 4.98 Å². The van der Waals surface area contributed by atoms with E-state index in [0.29, 0.717) is 11.9 Å². The summed E-state index contributed by atoms with van der Waals surface area (Å²) in [6.45, 7) is 3.34. The molecule has 0 radical (unpaired) electrons. The van der Waals surface area contributed by atoms with E-state index in [-0.39, 0.29) is 0 Å². The van der Waals surface area contributed by atoms with E-state index in [9.17, 15) is 0 Å². The molecule has 1 aliphatic heterocycles. The summed E-state index contributed by atoms with van der Waals surface area (Å²) in [5.41, 5.74) is 6.90. The number of hydrogen-bond donors (Lipinski definition) is 1. The predicted octanol–water partition coefficient (Wildman–Crippen LogP) is 1.65. The van der Waals surface area contributed by atoms with Gasteiger partial charge in [0.2, 0.25) is 0 Å². The Labute approximate surface area is 78.6 Å². The molecule has 2 N–H and O–H groups in total. The Kier molecular flexibility index (Phi) is 2.08. The quantitative estimate of drug-likeness (QED) is 0.709. The minimum absolute atomic E-state index is 0.603.